The number of amides is 1. The van der Waals surface area contributed by atoms with Gasteiger partial charge in [-0.2, -0.15) is 0 Å². The summed E-state index contributed by atoms with van der Waals surface area (Å²) < 4.78 is 0. The van der Waals surface area contributed by atoms with E-state index in [0.29, 0.717) is 6.42 Å². The molecule has 1 aromatic rings. The van der Waals surface area contributed by atoms with E-state index in [1.807, 2.05) is 32.0 Å². The summed E-state index contributed by atoms with van der Waals surface area (Å²) in [4.78, 5) is 18.2. The molecule has 0 spiro atoms. The van der Waals surface area contributed by atoms with Crippen molar-refractivity contribution in [2.24, 2.45) is 0 Å². The molecule has 1 N–H and O–H groups in total. The van der Waals surface area contributed by atoms with Gasteiger partial charge in [-0.15, -0.1) is 0 Å². The minimum atomic E-state index is 0.138. The molecule has 1 saturated heterocycles. The van der Waals surface area contributed by atoms with Gasteiger partial charge in [0.15, 0.2) is 0 Å². The molecule has 98 valence electrons. The fourth-order valence-corrected chi connectivity index (χ4v) is 2.34. The van der Waals surface area contributed by atoms with Crippen molar-refractivity contribution in [2.75, 3.05) is 18.0 Å². The zero-order chi connectivity index (χ0) is 13.0. The second kappa shape index (κ2) is 5.85. The molecule has 0 unspecified atom stereocenters. The summed E-state index contributed by atoms with van der Waals surface area (Å²) in [5.74, 6) is 1.16. The summed E-state index contributed by atoms with van der Waals surface area (Å²) in [6.45, 7) is 5.78. The second-order valence-electron chi connectivity index (χ2n) is 4.84. The Morgan fingerprint density at radius 3 is 3.11 bits per heavy atom. The second-order valence-corrected chi connectivity index (χ2v) is 4.84. The number of aryl methyl sites for hydroxylation is 1. The molecule has 0 bridgehead atoms. The summed E-state index contributed by atoms with van der Waals surface area (Å²) >= 11 is 0. The quantitative estimate of drug-likeness (QED) is 0.887. The van der Waals surface area contributed by atoms with Gasteiger partial charge in [0.1, 0.15) is 5.82 Å². The average Bonchev–Trinajstić information content (AvgIpc) is 2.39. The molecule has 2 rings (SSSR count). The zero-order valence-electron chi connectivity index (χ0n) is 11.1. The van der Waals surface area contributed by atoms with Crippen LogP contribution in [0.25, 0.3) is 0 Å². The summed E-state index contributed by atoms with van der Waals surface area (Å²) in [5, 5.41) is 3.07. The number of piperidine rings is 1. The lowest BCUT2D eigenvalue weighted by Crippen LogP contribution is -2.47. The SMILES string of the molecule is CCC(=O)N[C@H]1CCCN(c2cccc(C)n2)C1. The molecule has 1 aliphatic rings. The zero-order valence-corrected chi connectivity index (χ0v) is 11.1. The van der Waals surface area contributed by atoms with Gasteiger partial charge in [-0.1, -0.05) is 13.0 Å². The maximum absolute atomic E-state index is 11.4. The molecule has 18 heavy (non-hydrogen) atoms. The molecule has 0 radical (unpaired) electrons. The Kier molecular flexibility index (Phi) is 4.18. The standard InChI is InChI=1S/C14H21N3O/c1-3-14(18)16-12-7-5-9-17(10-12)13-8-4-6-11(2)15-13/h4,6,8,12H,3,5,7,9-10H2,1-2H3,(H,16,18)/t12-/m0/s1. The monoisotopic (exact) mass is 247 g/mol. The van der Waals surface area contributed by atoms with Crippen molar-refractivity contribution in [3.05, 3.63) is 23.9 Å². The lowest BCUT2D eigenvalue weighted by Gasteiger charge is -2.34. The molecule has 1 aliphatic heterocycles. The molecule has 0 aromatic carbocycles. The third-order valence-electron chi connectivity index (χ3n) is 3.31. The highest BCUT2D eigenvalue weighted by Gasteiger charge is 2.21. The number of nitrogens with zero attached hydrogens (tertiary/aromatic N) is 2. The Hall–Kier alpha value is -1.58. The Morgan fingerprint density at radius 1 is 1.56 bits per heavy atom. The molecular weight excluding hydrogens is 226 g/mol. The summed E-state index contributed by atoms with van der Waals surface area (Å²) in [7, 11) is 0. The molecule has 2 heterocycles. The maximum Gasteiger partial charge on any atom is 0.219 e. The normalized spacial score (nSPS) is 19.7. The van der Waals surface area contributed by atoms with E-state index in [-0.39, 0.29) is 11.9 Å². The molecule has 1 aromatic heterocycles. The molecule has 1 atom stereocenters. The third-order valence-corrected chi connectivity index (χ3v) is 3.31. The number of carbonyl (C=O) groups is 1. The number of hydrogen-bond acceptors (Lipinski definition) is 3. The van der Waals surface area contributed by atoms with Gasteiger partial charge >= 0.3 is 0 Å². The third kappa shape index (κ3) is 3.22. The number of rotatable bonds is 3. The van der Waals surface area contributed by atoms with E-state index in [9.17, 15) is 4.79 Å². The van der Waals surface area contributed by atoms with E-state index in [1.54, 1.807) is 0 Å². The van der Waals surface area contributed by atoms with Crippen molar-refractivity contribution in [3.63, 3.8) is 0 Å². The number of anilines is 1. The van der Waals surface area contributed by atoms with Crippen LogP contribution in [0.15, 0.2) is 18.2 Å². The van der Waals surface area contributed by atoms with E-state index in [0.717, 1.165) is 37.4 Å². The van der Waals surface area contributed by atoms with Crippen LogP contribution in [0.1, 0.15) is 31.9 Å². The lowest BCUT2D eigenvalue weighted by atomic mass is 10.1. The highest BCUT2D eigenvalue weighted by atomic mass is 16.1. The van der Waals surface area contributed by atoms with Gasteiger partial charge in [0, 0.05) is 31.2 Å². The van der Waals surface area contributed by atoms with Gasteiger partial charge in [-0.05, 0) is 31.9 Å². The Labute approximate surface area is 108 Å². The van der Waals surface area contributed by atoms with Gasteiger partial charge in [0.05, 0.1) is 0 Å². The molecule has 1 fully saturated rings. The fourth-order valence-electron chi connectivity index (χ4n) is 2.34. The van der Waals surface area contributed by atoms with E-state index in [1.165, 1.54) is 0 Å². The van der Waals surface area contributed by atoms with Crippen LogP contribution >= 0.6 is 0 Å². The number of nitrogens with one attached hydrogen (secondary N) is 1. The van der Waals surface area contributed by atoms with Crippen LogP contribution in [0.5, 0.6) is 0 Å². The first-order valence-electron chi connectivity index (χ1n) is 6.67. The number of hydrogen-bond donors (Lipinski definition) is 1. The predicted octanol–water partition coefficient (Wildman–Crippen LogP) is 1.89. The number of carbonyl (C=O) groups excluding carboxylic acids is 1. The lowest BCUT2D eigenvalue weighted by molar-refractivity contribution is -0.121. The highest BCUT2D eigenvalue weighted by molar-refractivity contribution is 5.75. The largest absolute Gasteiger partial charge is 0.355 e. The molecule has 1 amide bonds. The maximum atomic E-state index is 11.4. The highest BCUT2D eigenvalue weighted by Crippen LogP contribution is 2.18. The topological polar surface area (TPSA) is 45.2 Å². The first kappa shape index (κ1) is 12.9. The van der Waals surface area contributed by atoms with Gasteiger partial charge in [-0.3, -0.25) is 4.79 Å². The van der Waals surface area contributed by atoms with Crippen LogP contribution in [0.3, 0.4) is 0 Å². The van der Waals surface area contributed by atoms with Gasteiger partial charge in [-0.25, -0.2) is 4.98 Å². The van der Waals surface area contributed by atoms with Crippen LogP contribution in [-0.2, 0) is 4.79 Å². The van der Waals surface area contributed by atoms with Gasteiger partial charge in [0.25, 0.3) is 0 Å². The van der Waals surface area contributed by atoms with Crippen molar-refractivity contribution in [1.82, 2.24) is 10.3 Å². The summed E-state index contributed by atoms with van der Waals surface area (Å²) in [6.07, 6.45) is 2.72. The van der Waals surface area contributed by atoms with Crippen molar-refractivity contribution >= 4 is 11.7 Å². The minimum absolute atomic E-state index is 0.138. The van der Waals surface area contributed by atoms with Crippen molar-refractivity contribution < 1.29 is 4.79 Å². The van der Waals surface area contributed by atoms with Crippen LogP contribution in [0.4, 0.5) is 5.82 Å². The smallest absolute Gasteiger partial charge is 0.219 e. The Balaban J connectivity index is 2.00. The fraction of sp³-hybridized carbons (Fsp3) is 0.571. The van der Waals surface area contributed by atoms with Crippen LogP contribution < -0.4 is 10.2 Å². The van der Waals surface area contributed by atoms with E-state index < -0.39 is 0 Å². The average molecular weight is 247 g/mol. The summed E-state index contributed by atoms with van der Waals surface area (Å²) in [5.41, 5.74) is 1.03. The molecule has 4 heteroatoms. The van der Waals surface area contributed by atoms with Gasteiger partial charge in [0.2, 0.25) is 5.91 Å². The molecule has 4 nitrogen and oxygen atoms in total. The van der Waals surface area contributed by atoms with Crippen LogP contribution in [0, 0.1) is 6.92 Å². The summed E-state index contributed by atoms with van der Waals surface area (Å²) in [6, 6.07) is 6.33. The number of pyridine rings is 1. The van der Waals surface area contributed by atoms with Crippen molar-refractivity contribution in [3.8, 4) is 0 Å². The first-order chi connectivity index (χ1) is 8.69. The van der Waals surface area contributed by atoms with Crippen molar-refractivity contribution in [2.45, 2.75) is 39.2 Å². The predicted molar refractivity (Wildman–Crippen MR) is 72.6 cm³/mol. The first-order valence-corrected chi connectivity index (χ1v) is 6.67. The van der Waals surface area contributed by atoms with Crippen LogP contribution in [-0.4, -0.2) is 30.0 Å². The molecular formula is C14H21N3O. The molecule has 0 saturated carbocycles. The van der Waals surface area contributed by atoms with E-state index in [4.69, 9.17) is 0 Å². The van der Waals surface area contributed by atoms with E-state index >= 15 is 0 Å². The Bertz CT molecular complexity index is 419. The number of aromatic nitrogens is 1. The minimum Gasteiger partial charge on any atom is -0.355 e. The molecule has 0 aliphatic carbocycles. The Morgan fingerprint density at radius 2 is 2.39 bits per heavy atom. The van der Waals surface area contributed by atoms with Gasteiger partial charge < -0.3 is 10.2 Å². The van der Waals surface area contributed by atoms with Crippen LogP contribution in [0.2, 0.25) is 0 Å². The van der Waals surface area contributed by atoms with E-state index in [2.05, 4.69) is 15.2 Å². The van der Waals surface area contributed by atoms with Crippen molar-refractivity contribution in [1.29, 1.82) is 0 Å².